The molecule has 0 atom stereocenters. The van der Waals surface area contributed by atoms with E-state index >= 15 is 0 Å². The number of terminal acetylenes is 1. The molecule has 1 saturated heterocycles. The van der Waals surface area contributed by atoms with Gasteiger partial charge >= 0.3 is 0 Å². The molecular formula is C12H21N3O. The van der Waals surface area contributed by atoms with Gasteiger partial charge in [-0.2, -0.15) is 0 Å². The minimum atomic E-state index is 0.0133. The summed E-state index contributed by atoms with van der Waals surface area (Å²) in [7, 11) is 4.14. The van der Waals surface area contributed by atoms with Crippen LogP contribution in [0.4, 0.5) is 0 Å². The molecule has 90 valence electrons. The van der Waals surface area contributed by atoms with Gasteiger partial charge in [-0.25, -0.2) is 0 Å². The van der Waals surface area contributed by atoms with E-state index in [2.05, 4.69) is 28.1 Å². The van der Waals surface area contributed by atoms with Crippen LogP contribution >= 0.6 is 0 Å². The third-order valence-electron chi connectivity index (χ3n) is 3.09. The Hall–Kier alpha value is -1.05. The Balaban J connectivity index is 2.26. The van der Waals surface area contributed by atoms with Crippen LogP contribution in [0.3, 0.4) is 0 Å². The topological polar surface area (TPSA) is 35.6 Å². The number of nitrogens with zero attached hydrogens (tertiary/aromatic N) is 2. The molecule has 0 radical (unpaired) electrons. The Labute approximate surface area is 98.0 Å². The molecule has 1 amide bonds. The summed E-state index contributed by atoms with van der Waals surface area (Å²) in [5.41, 5.74) is 0. The molecule has 0 bridgehead atoms. The van der Waals surface area contributed by atoms with Crippen LogP contribution in [0.25, 0.3) is 0 Å². The summed E-state index contributed by atoms with van der Waals surface area (Å²) in [5, 5.41) is 2.68. The van der Waals surface area contributed by atoms with Gasteiger partial charge < -0.3 is 10.2 Å². The minimum absolute atomic E-state index is 0.0133. The number of hydrogen-bond donors (Lipinski definition) is 1. The van der Waals surface area contributed by atoms with E-state index in [1.807, 2.05) is 7.05 Å². The molecule has 1 fully saturated rings. The Morgan fingerprint density at radius 3 is 2.75 bits per heavy atom. The van der Waals surface area contributed by atoms with Crippen LogP contribution in [-0.4, -0.2) is 62.0 Å². The molecule has 1 rings (SSSR count). The van der Waals surface area contributed by atoms with Gasteiger partial charge in [-0.15, -0.1) is 6.42 Å². The van der Waals surface area contributed by atoms with E-state index in [-0.39, 0.29) is 5.91 Å². The quantitative estimate of drug-likeness (QED) is 0.668. The number of nitrogens with one attached hydrogen (secondary N) is 1. The zero-order valence-corrected chi connectivity index (χ0v) is 10.2. The third-order valence-corrected chi connectivity index (χ3v) is 3.09. The summed E-state index contributed by atoms with van der Waals surface area (Å²) in [4.78, 5) is 15.9. The molecule has 1 aliphatic heterocycles. The van der Waals surface area contributed by atoms with Gasteiger partial charge in [-0.05, 0) is 40.0 Å². The van der Waals surface area contributed by atoms with Crippen molar-refractivity contribution >= 4 is 5.91 Å². The second-order valence-electron chi connectivity index (χ2n) is 4.43. The number of hydrogen-bond acceptors (Lipinski definition) is 3. The molecule has 4 heteroatoms. The summed E-state index contributed by atoms with van der Waals surface area (Å²) in [6, 6.07) is 0.521. The van der Waals surface area contributed by atoms with Crippen LogP contribution in [0.15, 0.2) is 0 Å². The lowest BCUT2D eigenvalue weighted by atomic mass is 10.0. The zero-order valence-electron chi connectivity index (χ0n) is 10.2. The molecule has 1 heterocycles. The fraction of sp³-hybridized carbons (Fsp3) is 0.750. The first-order valence-electron chi connectivity index (χ1n) is 5.72. The maximum atomic E-state index is 11.5. The van der Waals surface area contributed by atoms with Gasteiger partial charge in [-0.3, -0.25) is 9.69 Å². The normalized spacial score (nSPS) is 18.4. The first kappa shape index (κ1) is 13.0. The van der Waals surface area contributed by atoms with Crippen molar-refractivity contribution in [2.75, 3.05) is 40.3 Å². The average molecular weight is 223 g/mol. The van der Waals surface area contributed by atoms with Gasteiger partial charge in [0.05, 0.1) is 13.1 Å². The van der Waals surface area contributed by atoms with Crippen molar-refractivity contribution in [1.82, 2.24) is 15.1 Å². The Kier molecular flexibility index (Phi) is 5.30. The number of likely N-dealkylation sites (N-methyl/N-ethyl adjacent to an activating group) is 1. The molecule has 1 N–H and O–H groups in total. The van der Waals surface area contributed by atoms with Gasteiger partial charge in [-0.1, -0.05) is 5.92 Å². The van der Waals surface area contributed by atoms with E-state index in [4.69, 9.17) is 6.42 Å². The van der Waals surface area contributed by atoms with E-state index in [9.17, 15) is 4.79 Å². The van der Waals surface area contributed by atoms with Gasteiger partial charge in [0.25, 0.3) is 0 Å². The predicted molar refractivity (Wildman–Crippen MR) is 65.0 cm³/mol. The second kappa shape index (κ2) is 6.51. The van der Waals surface area contributed by atoms with Crippen molar-refractivity contribution in [1.29, 1.82) is 0 Å². The van der Waals surface area contributed by atoms with Crippen LogP contribution in [0, 0.1) is 12.3 Å². The first-order valence-corrected chi connectivity index (χ1v) is 5.72. The van der Waals surface area contributed by atoms with Crippen molar-refractivity contribution in [3.8, 4) is 12.3 Å². The maximum Gasteiger partial charge on any atom is 0.234 e. The molecule has 16 heavy (non-hydrogen) atoms. The van der Waals surface area contributed by atoms with Gasteiger partial charge in [0, 0.05) is 6.04 Å². The van der Waals surface area contributed by atoms with Crippen LogP contribution < -0.4 is 5.32 Å². The van der Waals surface area contributed by atoms with Crippen LogP contribution in [0.5, 0.6) is 0 Å². The highest BCUT2D eigenvalue weighted by Crippen LogP contribution is 2.13. The maximum absolute atomic E-state index is 11.5. The highest BCUT2D eigenvalue weighted by Gasteiger charge is 2.21. The molecular weight excluding hydrogens is 202 g/mol. The molecule has 0 unspecified atom stereocenters. The highest BCUT2D eigenvalue weighted by atomic mass is 16.2. The van der Waals surface area contributed by atoms with Gasteiger partial charge in [0.1, 0.15) is 0 Å². The number of carbonyl (C=O) groups excluding carboxylic acids is 1. The van der Waals surface area contributed by atoms with Crippen molar-refractivity contribution < 1.29 is 4.79 Å². The van der Waals surface area contributed by atoms with Crippen molar-refractivity contribution in [3.63, 3.8) is 0 Å². The summed E-state index contributed by atoms with van der Waals surface area (Å²) in [6.45, 7) is 2.98. The van der Waals surface area contributed by atoms with Crippen molar-refractivity contribution in [2.45, 2.75) is 18.9 Å². The van der Waals surface area contributed by atoms with Crippen LogP contribution in [-0.2, 0) is 4.79 Å². The summed E-state index contributed by atoms with van der Waals surface area (Å²) >= 11 is 0. The summed E-state index contributed by atoms with van der Waals surface area (Å²) < 4.78 is 0. The summed E-state index contributed by atoms with van der Waals surface area (Å²) in [5.74, 6) is 2.41. The van der Waals surface area contributed by atoms with Crippen LogP contribution in [0.1, 0.15) is 12.8 Å². The fourth-order valence-electron chi connectivity index (χ4n) is 2.00. The number of likely N-dealkylation sites (tertiary alicyclic amines) is 1. The van der Waals surface area contributed by atoms with E-state index in [1.54, 1.807) is 0 Å². The van der Waals surface area contributed by atoms with E-state index < -0.39 is 0 Å². The molecule has 4 nitrogen and oxygen atoms in total. The standard InChI is InChI=1S/C12H21N3O/c1-4-7-13-12(16)10-15(3)11-5-8-14(2)9-6-11/h1,11H,5-10H2,2-3H3,(H,13,16). The Morgan fingerprint density at radius 2 is 2.19 bits per heavy atom. The largest absolute Gasteiger partial charge is 0.344 e. The third kappa shape index (κ3) is 4.21. The number of amides is 1. The number of rotatable bonds is 4. The molecule has 0 aromatic heterocycles. The molecule has 0 spiro atoms. The lowest BCUT2D eigenvalue weighted by Gasteiger charge is -2.34. The lowest BCUT2D eigenvalue weighted by Crippen LogP contribution is -2.45. The van der Waals surface area contributed by atoms with Gasteiger partial charge in [0.2, 0.25) is 5.91 Å². The molecule has 0 aliphatic carbocycles. The molecule has 1 aliphatic rings. The highest BCUT2D eigenvalue weighted by molar-refractivity contribution is 5.78. The summed E-state index contributed by atoms with van der Waals surface area (Å²) in [6.07, 6.45) is 7.35. The predicted octanol–water partition coefficient (Wildman–Crippen LogP) is -0.238. The van der Waals surface area contributed by atoms with E-state index in [0.717, 1.165) is 25.9 Å². The van der Waals surface area contributed by atoms with Gasteiger partial charge in [0.15, 0.2) is 0 Å². The van der Waals surface area contributed by atoms with E-state index in [1.165, 1.54) is 0 Å². The molecule has 0 saturated carbocycles. The van der Waals surface area contributed by atoms with Crippen LogP contribution in [0.2, 0.25) is 0 Å². The minimum Gasteiger partial charge on any atom is -0.344 e. The first-order chi connectivity index (χ1) is 7.63. The lowest BCUT2D eigenvalue weighted by molar-refractivity contribution is -0.122. The second-order valence-corrected chi connectivity index (χ2v) is 4.43. The number of piperidine rings is 1. The molecule has 0 aromatic carbocycles. The average Bonchev–Trinajstić information content (AvgIpc) is 2.27. The number of carbonyl (C=O) groups is 1. The van der Waals surface area contributed by atoms with Crippen molar-refractivity contribution in [3.05, 3.63) is 0 Å². The SMILES string of the molecule is C#CCNC(=O)CN(C)C1CCN(C)CC1. The fourth-order valence-corrected chi connectivity index (χ4v) is 2.00. The Bertz CT molecular complexity index is 264. The molecule has 0 aromatic rings. The van der Waals surface area contributed by atoms with Crippen molar-refractivity contribution in [2.24, 2.45) is 0 Å². The Morgan fingerprint density at radius 1 is 1.56 bits per heavy atom. The zero-order chi connectivity index (χ0) is 12.0. The van der Waals surface area contributed by atoms with E-state index in [0.29, 0.717) is 19.1 Å². The smallest absolute Gasteiger partial charge is 0.234 e. The monoisotopic (exact) mass is 223 g/mol.